The van der Waals surface area contributed by atoms with Crippen LogP contribution in [0.2, 0.25) is 0 Å². The summed E-state index contributed by atoms with van der Waals surface area (Å²) in [5, 5.41) is 0. The molecule has 0 amide bonds. The summed E-state index contributed by atoms with van der Waals surface area (Å²) in [7, 11) is -2.14. The maximum absolute atomic E-state index is 12.8. The summed E-state index contributed by atoms with van der Waals surface area (Å²) in [5.41, 5.74) is 1.12. The van der Waals surface area contributed by atoms with Gasteiger partial charge < -0.3 is 4.74 Å². The second kappa shape index (κ2) is 8.09. The highest BCUT2D eigenvalue weighted by Gasteiger charge is 2.27. The Balaban J connectivity index is 2.08. The van der Waals surface area contributed by atoms with E-state index in [4.69, 9.17) is 0 Å². The van der Waals surface area contributed by atoms with Gasteiger partial charge in [0.2, 0.25) is 10.0 Å². The van der Waals surface area contributed by atoms with Crippen molar-refractivity contribution in [2.75, 3.05) is 39.8 Å². The van der Waals surface area contributed by atoms with E-state index in [1.54, 1.807) is 12.1 Å². The second-order valence-electron chi connectivity index (χ2n) is 6.33. The molecule has 24 heavy (non-hydrogen) atoms. The summed E-state index contributed by atoms with van der Waals surface area (Å²) in [5.74, 6) is 0.0717. The van der Waals surface area contributed by atoms with Crippen molar-refractivity contribution in [2.24, 2.45) is 0 Å². The van der Waals surface area contributed by atoms with E-state index in [1.165, 1.54) is 11.4 Å². The molecule has 0 saturated carbocycles. The summed E-state index contributed by atoms with van der Waals surface area (Å²) in [6, 6.07) is 7.11. The summed E-state index contributed by atoms with van der Waals surface area (Å²) in [6.45, 7) is 6.42. The van der Waals surface area contributed by atoms with Crippen molar-refractivity contribution >= 4 is 16.0 Å². The number of hydrogen-bond donors (Lipinski definition) is 0. The molecule has 7 heteroatoms. The summed E-state index contributed by atoms with van der Waals surface area (Å²) >= 11 is 0. The predicted octanol–water partition coefficient (Wildman–Crippen LogP) is 1.68. The van der Waals surface area contributed by atoms with Crippen LogP contribution < -0.4 is 0 Å². The van der Waals surface area contributed by atoms with Gasteiger partial charge in [0.1, 0.15) is 0 Å². The largest absolute Gasteiger partial charge is 0.468 e. The number of methoxy groups -OCH3 is 1. The van der Waals surface area contributed by atoms with Crippen molar-refractivity contribution in [1.82, 2.24) is 9.21 Å². The molecule has 1 fully saturated rings. The van der Waals surface area contributed by atoms with Crippen LogP contribution in [0.3, 0.4) is 0 Å². The number of hydrogen-bond acceptors (Lipinski definition) is 5. The van der Waals surface area contributed by atoms with E-state index in [-0.39, 0.29) is 12.5 Å². The Kier molecular flexibility index (Phi) is 6.37. The minimum absolute atomic E-state index is 0.202. The molecular formula is C17H26N2O4S. The molecule has 0 aliphatic carbocycles. The summed E-state index contributed by atoms with van der Waals surface area (Å²) in [4.78, 5) is 13.6. The fraction of sp³-hybridized carbons (Fsp3) is 0.588. The molecular weight excluding hydrogens is 328 g/mol. The third-order valence-corrected chi connectivity index (χ3v) is 6.23. The molecule has 1 aromatic carbocycles. The van der Waals surface area contributed by atoms with Gasteiger partial charge in [-0.25, -0.2) is 8.42 Å². The van der Waals surface area contributed by atoms with Crippen LogP contribution in [0.1, 0.15) is 31.7 Å². The molecule has 0 N–H and O–H groups in total. The molecule has 1 aromatic rings. The van der Waals surface area contributed by atoms with Crippen LogP contribution >= 0.6 is 0 Å². The average Bonchev–Trinajstić information content (AvgIpc) is 2.80. The molecule has 0 unspecified atom stereocenters. The van der Waals surface area contributed by atoms with Gasteiger partial charge in [-0.05, 0) is 30.0 Å². The zero-order valence-electron chi connectivity index (χ0n) is 14.6. The minimum atomic E-state index is -3.49. The van der Waals surface area contributed by atoms with Crippen molar-refractivity contribution in [3.63, 3.8) is 0 Å². The van der Waals surface area contributed by atoms with E-state index in [2.05, 4.69) is 18.6 Å². The van der Waals surface area contributed by atoms with Crippen molar-refractivity contribution in [1.29, 1.82) is 0 Å². The van der Waals surface area contributed by atoms with Gasteiger partial charge in [-0.15, -0.1) is 0 Å². The van der Waals surface area contributed by atoms with E-state index >= 15 is 0 Å². The van der Waals surface area contributed by atoms with Crippen LogP contribution in [0.25, 0.3) is 0 Å². The number of ether oxygens (including phenoxy) is 1. The van der Waals surface area contributed by atoms with Gasteiger partial charge >= 0.3 is 5.97 Å². The molecule has 0 atom stereocenters. The van der Waals surface area contributed by atoms with E-state index in [9.17, 15) is 13.2 Å². The molecule has 0 aromatic heterocycles. The highest BCUT2D eigenvalue weighted by molar-refractivity contribution is 7.89. The molecule has 134 valence electrons. The second-order valence-corrected chi connectivity index (χ2v) is 8.27. The lowest BCUT2D eigenvalue weighted by Gasteiger charge is -2.21. The van der Waals surface area contributed by atoms with Crippen molar-refractivity contribution in [3.05, 3.63) is 29.8 Å². The van der Waals surface area contributed by atoms with E-state index in [0.29, 0.717) is 43.4 Å². The SMILES string of the molecule is COC(=O)CN1CCCN(S(=O)(=O)c2ccc(C(C)C)cc2)CC1. The number of nitrogens with zero attached hydrogens (tertiary/aromatic N) is 2. The van der Waals surface area contributed by atoms with Gasteiger partial charge in [0.05, 0.1) is 18.6 Å². The average molecular weight is 354 g/mol. The van der Waals surface area contributed by atoms with Crippen molar-refractivity contribution < 1.29 is 17.9 Å². The first-order valence-electron chi connectivity index (χ1n) is 8.24. The van der Waals surface area contributed by atoms with Crippen LogP contribution in [0.4, 0.5) is 0 Å². The van der Waals surface area contributed by atoms with Crippen molar-refractivity contribution in [3.8, 4) is 0 Å². The van der Waals surface area contributed by atoms with Crippen molar-refractivity contribution in [2.45, 2.75) is 31.1 Å². The first kappa shape index (κ1) is 18.9. The molecule has 2 rings (SSSR count). The van der Waals surface area contributed by atoms with Gasteiger partial charge in [-0.3, -0.25) is 9.69 Å². The van der Waals surface area contributed by atoms with Crippen LogP contribution in [0, 0.1) is 0 Å². The maximum atomic E-state index is 12.8. The molecule has 0 spiro atoms. The highest BCUT2D eigenvalue weighted by Crippen LogP contribution is 2.21. The van der Waals surface area contributed by atoms with Gasteiger partial charge in [-0.1, -0.05) is 26.0 Å². The quantitative estimate of drug-likeness (QED) is 0.753. The number of carbonyl (C=O) groups excluding carboxylic acids is 1. The number of rotatable bonds is 5. The van der Waals surface area contributed by atoms with Gasteiger partial charge in [0, 0.05) is 26.2 Å². The first-order valence-corrected chi connectivity index (χ1v) is 9.68. The molecule has 6 nitrogen and oxygen atoms in total. The summed E-state index contributed by atoms with van der Waals surface area (Å²) < 4.78 is 31.8. The third kappa shape index (κ3) is 4.55. The minimum Gasteiger partial charge on any atom is -0.468 e. The lowest BCUT2D eigenvalue weighted by atomic mass is 10.0. The Hall–Kier alpha value is -1.44. The van der Waals surface area contributed by atoms with E-state index in [0.717, 1.165) is 5.56 Å². The highest BCUT2D eigenvalue weighted by atomic mass is 32.2. The lowest BCUT2D eigenvalue weighted by molar-refractivity contribution is -0.141. The lowest BCUT2D eigenvalue weighted by Crippen LogP contribution is -2.37. The molecule has 1 aliphatic heterocycles. The molecule has 1 saturated heterocycles. The van der Waals surface area contributed by atoms with Gasteiger partial charge in [-0.2, -0.15) is 4.31 Å². The Morgan fingerprint density at radius 3 is 2.38 bits per heavy atom. The smallest absolute Gasteiger partial charge is 0.319 e. The van der Waals surface area contributed by atoms with Gasteiger partial charge in [0.25, 0.3) is 0 Å². The van der Waals surface area contributed by atoms with Gasteiger partial charge in [0.15, 0.2) is 0 Å². The topological polar surface area (TPSA) is 66.9 Å². The summed E-state index contributed by atoms with van der Waals surface area (Å²) in [6.07, 6.45) is 0.695. The first-order chi connectivity index (χ1) is 11.3. The van der Waals surface area contributed by atoms with Crippen LogP contribution in [-0.2, 0) is 19.6 Å². The number of carbonyl (C=O) groups is 1. The molecule has 0 radical (unpaired) electrons. The fourth-order valence-corrected chi connectivity index (χ4v) is 4.24. The van der Waals surface area contributed by atoms with Crippen LogP contribution in [0.15, 0.2) is 29.2 Å². The number of esters is 1. The predicted molar refractivity (Wildman–Crippen MR) is 92.4 cm³/mol. The van der Waals surface area contributed by atoms with Crippen LogP contribution in [0.5, 0.6) is 0 Å². The monoisotopic (exact) mass is 354 g/mol. The normalized spacial score (nSPS) is 17.7. The fourth-order valence-electron chi connectivity index (χ4n) is 2.77. The Morgan fingerprint density at radius 1 is 1.12 bits per heavy atom. The Bertz CT molecular complexity index is 656. The molecule has 1 aliphatic rings. The van der Waals surface area contributed by atoms with Crippen LogP contribution in [-0.4, -0.2) is 63.4 Å². The van der Waals surface area contributed by atoms with E-state index in [1.807, 2.05) is 17.0 Å². The Morgan fingerprint density at radius 2 is 1.79 bits per heavy atom. The number of benzene rings is 1. The zero-order valence-corrected chi connectivity index (χ0v) is 15.4. The molecule has 1 heterocycles. The standard InChI is InChI=1S/C17H26N2O4S/c1-14(2)15-5-7-16(8-6-15)24(21,22)19-10-4-9-18(11-12-19)13-17(20)23-3/h5-8,14H,4,9-13H2,1-3H3. The number of sulfonamides is 1. The maximum Gasteiger partial charge on any atom is 0.319 e. The zero-order chi connectivity index (χ0) is 17.7. The molecule has 0 bridgehead atoms. The van der Waals surface area contributed by atoms with E-state index < -0.39 is 10.0 Å². The third-order valence-electron chi connectivity index (χ3n) is 4.31. The Labute approximate surface area is 144 Å².